The fourth-order valence-corrected chi connectivity index (χ4v) is 3.72. The van der Waals surface area contributed by atoms with E-state index in [-0.39, 0.29) is 4.90 Å². The molecule has 0 aliphatic rings. The molecule has 0 fully saturated rings. The number of aromatic nitrogens is 2. The van der Waals surface area contributed by atoms with Gasteiger partial charge in [0.15, 0.2) is 0 Å². The summed E-state index contributed by atoms with van der Waals surface area (Å²) in [4.78, 5) is 4.55. The Bertz CT molecular complexity index is 982. The average Bonchev–Trinajstić information content (AvgIpc) is 2.88. The maximum absolute atomic E-state index is 12.6. The van der Waals surface area contributed by atoms with Crippen molar-refractivity contribution in [2.75, 3.05) is 4.72 Å². The Balaban J connectivity index is 2.08. The molecule has 124 valence electrons. The van der Waals surface area contributed by atoms with Gasteiger partial charge in [-0.3, -0.25) is 4.72 Å². The number of imidazole rings is 1. The van der Waals surface area contributed by atoms with Crippen molar-refractivity contribution in [2.45, 2.75) is 18.7 Å². The van der Waals surface area contributed by atoms with Crippen molar-refractivity contribution in [1.82, 2.24) is 9.55 Å². The summed E-state index contributed by atoms with van der Waals surface area (Å²) in [6, 6.07) is 13.2. The largest absolute Gasteiger partial charge is 0.302 e. The number of aryl methyl sites for hydroxylation is 2. The molecular formula is C17H16ClN3O2S. The van der Waals surface area contributed by atoms with E-state index in [9.17, 15) is 8.42 Å². The maximum atomic E-state index is 12.6. The van der Waals surface area contributed by atoms with Gasteiger partial charge in [0.1, 0.15) is 5.82 Å². The van der Waals surface area contributed by atoms with Crippen LogP contribution in [0.25, 0.3) is 5.69 Å². The van der Waals surface area contributed by atoms with Crippen LogP contribution in [0.2, 0.25) is 5.02 Å². The van der Waals surface area contributed by atoms with E-state index in [0.717, 1.165) is 11.5 Å². The number of sulfonamides is 1. The van der Waals surface area contributed by atoms with Crippen LogP contribution in [0.3, 0.4) is 0 Å². The second-order valence-electron chi connectivity index (χ2n) is 5.38. The molecule has 0 saturated heterocycles. The summed E-state index contributed by atoms with van der Waals surface area (Å²) in [5.41, 5.74) is 1.90. The first kappa shape index (κ1) is 16.5. The third kappa shape index (κ3) is 3.29. The van der Waals surface area contributed by atoms with Crippen molar-refractivity contribution in [3.63, 3.8) is 0 Å². The van der Waals surface area contributed by atoms with Crippen LogP contribution >= 0.6 is 11.6 Å². The Morgan fingerprint density at radius 1 is 1.08 bits per heavy atom. The molecule has 0 amide bonds. The van der Waals surface area contributed by atoms with Gasteiger partial charge in [0, 0.05) is 11.2 Å². The molecule has 24 heavy (non-hydrogen) atoms. The number of benzene rings is 2. The number of hydrogen-bond acceptors (Lipinski definition) is 3. The first-order valence-corrected chi connectivity index (χ1v) is 9.13. The molecule has 3 aromatic rings. The highest BCUT2D eigenvalue weighted by molar-refractivity contribution is 7.92. The van der Waals surface area contributed by atoms with Gasteiger partial charge in [-0.05, 0) is 44.2 Å². The smallest absolute Gasteiger partial charge is 0.261 e. The van der Waals surface area contributed by atoms with E-state index < -0.39 is 10.0 Å². The molecule has 0 unspecified atom stereocenters. The van der Waals surface area contributed by atoms with Crippen LogP contribution in [0.15, 0.2) is 59.6 Å². The van der Waals surface area contributed by atoms with Gasteiger partial charge in [-0.2, -0.15) is 0 Å². The van der Waals surface area contributed by atoms with E-state index in [2.05, 4.69) is 9.71 Å². The highest BCUT2D eigenvalue weighted by Crippen LogP contribution is 2.28. The monoisotopic (exact) mass is 361 g/mol. The number of nitrogens with one attached hydrogen (secondary N) is 1. The molecule has 0 bridgehead atoms. The number of rotatable bonds is 4. The normalized spacial score (nSPS) is 11.5. The van der Waals surface area contributed by atoms with E-state index >= 15 is 0 Å². The molecule has 0 saturated carbocycles. The van der Waals surface area contributed by atoms with Gasteiger partial charge in [0.2, 0.25) is 0 Å². The van der Waals surface area contributed by atoms with Crippen LogP contribution in [-0.4, -0.2) is 18.0 Å². The van der Waals surface area contributed by atoms with Crippen LogP contribution in [0.4, 0.5) is 5.69 Å². The molecule has 2 aromatic carbocycles. The SMILES string of the molecule is Cc1cn(-c2cc(Cl)ccc2NS(=O)(=O)c2ccccc2)c(C)n1. The van der Waals surface area contributed by atoms with Crippen molar-refractivity contribution in [1.29, 1.82) is 0 Å². The standard InChI is InChI=1S/C17H16ClN3O2S/c1-12-11-21(13(2)19-12)17-10-14(18)8-9-16(17)20-24(22,23)15-6-4-3-5-7-15/h3-11,20H,1-2H3. The summed E-state index contributed by atoms with van der Waals surface area (Å²) in [6.07, 6.45) is 1.83. The lowest BCUT2D eigenvalue weighted by molar-refractivity contribution is 0.601. The van der Waals surface area contributed by atoms with Gasteiger partial charge in [-0.15, -0.1) is 0 Å². The molecule has 0 atom stereocenters. The summed E-state index contributed by atoms with van der Waals surface area (Å²) in [5.74, 6) is 0.745. The first-order chi connectivity index (χ1) is 11.4. The molecule has 0 spiro atoms. The molecule has 0 radical (unpaired) electrons. The summed E-state index contributed by atoms with van der Waals surface area (Å²) in [5, 5.41) is 0.512. The highest BCUT2D eigenvalue weighted by Gasteiger charge is 2.17. The van der Waals surface area contributed by atoms with E-state index in [1.54, 1.807) is 48.5 Å². The fraction of sp³-hybridized carbons (Fsp3) is 0.118. The third-order valence-electron chi connectivity index (χ3n) is 3.52. The first-order valence-electron chi connectivity index (χ1n) is 7.27. The third-order valence-corrected chi connectivity index (χ3v) is 5.14. The molecule has 7 heteroatoms. The zero-order valence-corrected chi connectivity index (χ0v) is 14.8. The van der Waals surface area contributed by atoms with Gasteiger partial charge < -0.3 is 4.57 Å². The van der Waals surface area contributed by atoms with Crippen molar-refractivity contribution < 1.29 is 8.42 Å². The van der Waals surface area contributed by atoms with Crippen molar-refractivity contribution in [2.24, 2.45) is 0 Å². The minimum Gasteiger partial charge on any atom is -0.302 e. The Morgan fingerprint density at radius 2 is 1.79 bits per heavy atom. The molecule has 0 aliphatic heterocycles. The Labute approximate surface area is 146 Å². The van der Waals surface area contributed by atoms with Crippen molar-refractivity contribution in [3.8, 4) is 5.69 Å². The minimum absolute atomic E-state index is 0.199. The molecule has 1 aromatic heterocycles. The Hall–Kier alpha value is -2.31. The molecule has 1 heterocycles. The minimum atomic E-state index is -3.69. The van der Waals surface area contributed by atoms with E-state index in [0.29, 0.717) is 16.4 Å². The van der Waals surface area contributed by atoms with Gasteiger partial charge in [-0.25, -0.2) is 13.4 Å². The summed E-state index contributed by atoms with van der Waals surface area (Å²) in [6.45, 7) is 3.73. The van der Waals surface area contributed by atoms with Gasteiger partial charge in [0.05, 0.1) is 22.0 Å². The Kier molecular flexibility index (Phi) is 4.34. The maximum Gasteiger partial charge on any atom is 0.261 e. The summed E-state index contributed by atoms with van der Waals surface area (Å²) >= 11 is 6.10. The molecule has 1 N–H and O–H groups in total. The highest BCUT2D eigenvalue weighted by atomic mass is 35.5. The molecule has 0 aliphatic carbocycles. The van der Waals surface area contributed by atoms with Crippen LogP contribution in [0.1, 0.15) is 11.5 Å². The fourth-order valence-electron chi connectivity index (χ4n) is 2.46. The lowest BCUT2D eigenvalue weighted by Gasteiger charge is -2.14. The zero-order valence-electron chi connectivity index (χ0n) is 13.2. The lowest BCUT2D eigenvalue weighted by atomic mass is 10.2. The number of halogens is 1. The summed E-state index contributed by atoms with van der Waals surface area (Å²) in [7, 11) is -3.69. The van der Waals surface area contributed by atoms with Crippen molar-refractivity contribution in [3.05, 3.63) is 71.3 Å². The topological polar surface area (TPSA) is 64.0 Å². The van der Waals surface area contributed by atoms with Gasteiger partial charge in [0.25, 0.3) is 10.0 Å². The summed E-state index contributed by atoms with van der Waals surface area (Å²) < 4.78 is 29.6. The predicted octanol–water partition coefficient (Wildman–Crippen LogP) is 3.94. The average molecular weight is 362 g/mol. The number of nitrogens with zero attached hydrogens (tertiary/aromatic N) is 2. The quantitative estimate of drug-likeness (QED) is 0.765. The lowest BCUT2D eigenvalue weighted by Crippen LogP contribution is -2.14. The van der Waals surface area contributed by atoms with Crippen LogP contribution in [0, 0.1) is 13.8 Å². The van der Waals surface area contributed by atoms with Crippen molar-refractivity contribution >= 4 is 27.3 Å². The van der Waals surface area contributed by atoms with Crippen LogP contribution < -0.4 is 4.72 Å². The molecular weight excluding hydrogens is 346 g/mol. The van der Waals surface area contributed by atoms with E-state index in [1.807, 2.05) is 24.6 Å². The molecule has 3 rings (SSSR count). The number of hydrogen-bond donors (Lipinski definition) is 1. The van der Waals surface area contributed by atoms with Crippen LogP contribution in [-0.2, 0) is 10.0 Å². The van der Waals surface area contributed by atoms with E-state index in [1.165, 1.54) is 0 Å². The molecule has 5 nitrogen and oxygen atoms in total. The second kappa shape index (κ2) is 6.30. The van der Waals surface area contributed by atoms with Gasteiger partial charge in [-0.1, -0.05) is 29.8 Å². The van der Waals surface area contributed by atoms with Gasteiger partial charge >= 0.3 is 0 Å². The predicted molar refractivity (Wildman–Crippen MR) is 95.3 cm³/mol. The number of anilines is 1. The van der Waals surface area contributed by atoms with E-state index in [4.69, 9.17) is 11.6 Å². The Morgan fingerprint density at radius 3 is 2.42 bits per heavy atom. The second-order valence-corrected chi connectivity index (χ2v) is 7.50. The van der Waals surface area contributed by atoms with Crippen LogP contribution in [0.5, 0.6) is 0 Å². The zero-order chi connectivity index (χ0) is 17.3.